The Bertz CT molecular complexity index is 1520. The summed E-state index contributed by atoms with van der Waals surface area (Å²) >= 11 is 4.81. The van der Waals surface area contributed by atoms with Gasteiger partial charge in [0.2, 0.25) is 5.78 Å². The van der Waals surface area contributed by atoms with E-state index in [4.69, 9.17) is 37.9 Å². The molecule has 0 radical (unpaired) electrons. The van der Waals surface area contributed by atoms with Crippen molar-refractivity contribution in [3.05, 3.63) is 51.6 Å². The smallest absolute Gasteiger partial charge is 0.202 e. The van der Waals surface area contributed by atoms with Crippen LogP contribution in [0.25, 0.3) is 0 Å². The van der Waals surface area contributed by atoms with Gasteiger partial charge in [-0.15, -0.1) is 0 Å². The van der Waals surface area contributed by atoms with Crippen LogP contribution >= 0.6 is 12.2 Å². The minimum absolute atomic E-state index is 0.00137. The van der Waals surface area contributed by atoms with Crippen molar-refractivity contribution in [1.29, 1.82) is 0 Å². The van der Waals surface area contributed by atoms with E-state index < -0.39 is 70.4 Å². The van der Waals surface area contributed by atoms with Crippen molar-refractivity contribution in [3.8, 4) is 17.2 Å². The maximum atomic E-state index is 13.8. The first-order chi connectivity index (χ1) is 19.8. The molecule has 0 spiro atoms. The quantitative estimate of drug-likeness (QED) is 0.0927. The Balaban J connectivity index is 1.68. The lowest BCUT2D eigenvalue weighted by Crippen LogP contribution is -2.52. The lowest BCUT2D eigenvalue weighted by molar-refractivity contribution is -0.245. The summed E-state index contributed by atoms with van der Waals surface area (Å²) in [5.74, 6) is -2.46. The van der Waals surface area contributed by atoms with Crippen LogP contribution < -0.4 is 21.6 Å². The number of hydrogen-bond acceptors (Lipinski definition) is 12. The van der Waals surface area contributed by atoms with E-state index in [-0.39, 0.29) is 58.1 Å². The predicted octanol–water partition coefficient (Wildman–Crippen LogP) is 0.649. The van der Waals surface area contributed by atoms with Crippen molar-refractivity contribution in [2.75, 3.05) is 7.11 Å². The number of aliphatic hydroxyl groups is 2. The molecule has 2 aromatic carbocycles. The minimum Gasteiger partial charge on any atom is -0.507 e. The molecule has 6 atom stereocenters. The molecule has 0 amide bonds. The van der Waals surface area contributed by atoms with Crippen LogP contribution in [0, 0.1) is 0 Å². The van der Waals surface area contributed by atoms with E-state index >= 15 is 0 Å². The number of hydrogen-bond donors (Lipinski definition) is 7. The Labute approximate surface area is 246 Å². The molecule has 1 heterocycles. The van der Waals surface area contributed by atoms with Gasteiger partial charge in [-0.3, -0.25) is 15.0 Å². The van der Waals surface area contributed by atoms with Crippen LogP contribution in [-0.4, -0.2) is 80.1 Å². The number of methoxy groups -OCH3 is 1. The van der Waals surface area contributed by atoms with E-state index in [1.165, 1.54) is 32.2 Å². The summed E-state index contributed by atoms with van der Waals surface area (Å²) in [6, 6.07) is 3.79. The van der Waals surface area contributed by atoms with Gasteiger partial charge in [0.25, 0.3) is 0 Å². The molecular formula is C28H32N4O9S. The van der Waals surface area contributed by atoms with Crippen molar-refractivity contribution >= 4 is 34.6 Å². The molecule has 9 N–H and O–H groups in total. The van der Waals surface area contributed by atoms with Gasteiger partial charge < -0.3 is 46.1 Å². The molecule has 42 heavy (non-hydrogen) atoms. The summed E-state index contributed by atoms with van der Waals surface area (Å²) in [7, 11) is 1.35. The van der Waals surface area contributed by atoms with Crippen LogP contribution in [-0.2, 0) is 15.9 Å². The number of carbonyl (C=O) groups excluding carboxylic acids is 2. The number of rotatable bonds is 5. The molecule has 3 aliphatic rings. The summed E-state index contributed by atoms with van der Waals surface area (Å²) < 4.78 is 17.3. The summed E-state index contributed by atoms with van der Waals surface area (Å²) in [5.41, 5.74) is 11.5. The average molecular weight is 601 g/mol. The van der Waals surface area contributed by atoms with Crippen LogP contribution in [0.5, 0.6) is 17.2 Å². The fourth-order valence-electron chi connectivity index (χ4n) is 5.91. The van der Waals surface area contributed by atoms with E-state index in [2.05, 4.69) is 10.5 Å². The first kappa shape index (κ1) is 29.8. The highest BCUT2D eigenvalue weighted by atomic mass is 32.1. The van der Waals surface area contributed by atoms with Gasteiger partial charge in [-0.1, -0.05) is 12.1 Å². The van der Waals surface area contributed by atoms with Crippen LogP contribution in [0.15, 0.2) is 23.3 Å². The van der Waals surface area contributed by atoms with Gasteiger partial charge in [0, 0.05) is 42.0 Å². The molecule has 2 aromatic rings. The number of carbonyl (C=O) groups is 2. The van der Waals surface area contributed by atoms with Crippen molar-refractivity contribution in [3.63, 3.8) is 0 Å². The fourth-order valence-corrected chi connectivity index (χ4v) is 5.95. The molecule has 224 valence electrons. The standard InChI is InChI=1S/C28H32N4O9S/c1-10-22(33)14(29)7-17(40-10)41-16-9-28(38,11(2)31-32-27(30)42)8-13-19(16)26(37)21-20(24(13)35)23(34)12-5-4-6-15(39-3)18(12)25(21)36/h4-6,10,14,16-17,22,33,35,37-38H,7-9,29H2,1-3H3,(H3,30,32,42)/b31-11+/t10-,14-,16-,17+,22+,28+/m1/s1. The third-order valence-corrected chi connectivity index (χ3v) is 8.24. The van der Waals surface area contributed by atoms with E-state index in [0.717, 1.165) is 0 Å². The Hall–Kier alpha value is -3.66. The predicted molar refractivity (Wildman–Crippen MR) is 153 cm³/mol. The lowest BCUT2D eigenvalue weighted by Gasteiger charge is -2.42. The molecule has 13 nitrogen and oxygen atoms in total. The summed E-state index contributed by atoms with van der Waals surface area (Å²) in [5, 5.41) is 49.2. The molecule has 0 aromatic heterocycles. The highest BCUT2D eigenvalue weighted by molar-refractivity contribution is 7.80. The van der Waals surface area contributed by atoms with Crippen LogP contribution in [0.3, 0.4) is 0 Å². The third kappa shape index (κ3) is 4.79. The summed E-state index contributed by atoms with van der Waals surface area (Å²) in [6.07, 6.45) is -4.25. The number of nitrogens with two attached hydrogens (primary N) is 2. The van der Waals surface area contributed by atoms with Crippen molar-refractivity contribution in [2.24, 2.45) is 16.6 Å². The number of nitrogens with zero attached hydrogens (tertiary/aromatic N) is 1. The number of hydrazone groups is 1. The first-order valence-corrected chi connectivity index (χ1v) is 13.6. The van der Waals surface area contributed by atoms with Crippen LogP contribution in [0.1, 0.15) is 75.8 Å². The van der Waals surface area contributed by atoms with Crippen LogP contribution in [0.2, 0.25) is 0 Å². The van der Waals surface area contributed by atoms with Gasteiger partial charge in [0.15, 0.2) is 17.2 Å². The average Bonchev–Trinajstić information content (AvgIpc) is 2.94. The largest absolute Gasteiger partial charge is 0.507 e. The lowest BCUT2D eigenvalue weighted by atomic mass is 9.72. The van der Waals surface area contributed by atoms with Gasteiger partial charge in [-0.2, -0.15) is 5.10 Å². The number of aromatic hydroxyl groups is 2. The Kier molecular flexibility index (Phi) is 7.72. The third-order valence-electron chi connectivity index (χ3n) is 8.15. The Morgan fingerprint density at radius 3 is 2.52 bits per heavy atom. The van der Waals surface area contributed by atoms with Crippen molar-refractivity contribution in [1.82, 2.24) is 5.43 Å². The number of phenols is 2. The van der Waals surface area contributed by atoms with Gasteiger partial charge in [-0.05, 0) is 32.1 Å². The van der Waals surface area contributed by atoms with E-state index in [0.29, 0.717) is 0 Å². The Morgan fingerprint density at radius 2 is 1.88 bits per heavy atom. The van der Waals surface area contributed by atoms with E-state index in [9.17, 15) is 30.0 Å². The summed E-state index contributed by atoms with van der Waals surface area (Å²) in [6.45, 7) is 3.13. The second kappa shape index (κ2) is 10.9. The number of fused-ring (bicyclic) bond motifs is 3. The van der Waals surface area contributed by atoms with Gasteiger partial charge in [0.1, 0.15) is 22.8 Å². The molecular weight excluding hydrogens is 568 g/mol. The number of phenolic OH excluding ortho intramolecular Hbond substituents is 2. The van der Waals surface area contributed by atoms with Crippen LogP contribution in [0.4, 0.5) is 0 Å². The topological polar surface area (TPSA) is 219 Å². The molecule has 5 rings (SSSR count). The monoisotopic (exact) mass is 600 g/mol. The second-order valence-electron chi connectivity index (χ2n) is 10.8. The molecule has 0 saturated carbocycles. The molecule has 1 saturated heterocycles. The maximum Gasteiger partial charge on any atom is 0.202 e. The fraction of sp³-hybridized carbons (Fsp3) is 0.429. The number of ketones is 2. The van der Waals surface area contributed by atoms with Crippen molar-refractivity contribution in [2.45, 2.75) is 69.4 Å². The zero-order valence-electron chi connectivity index (χ0n) is 23.1. The number of benzene rings is 2. The number of ether oxygens (including phenoxy) is 3. The number of aliphatic hydroxyl groups excluding tert-OH is 1. The molecule has 1 aliphatic heterocycles. The zero-order valence-corrected chi connectivity index (χ0v) is 23.9. The molecule has 14 heteroatoms. The maximum absolute atomic E-state index is 13.8. The van der Waals surface area contributed by atoms with Gasteiger partial charge in [-0.25, -0.2) is 0 Å². The normalized spacial score (nSPS) is 28.9. The molecule has 0 unspecified atom stereocenters. The van der Waals surface area contributed by atoms with Gasteiger partial charge >= 0.3 is 0 Å². The minimum atomic E-state index is -1.79. The zero-order chi connectivity index (χ0) is 30.7. The molecule has 2 aliphatic carbocycles. The van der Waals surface area contributed by atoms with Gasteiger partial charge in [0.05, 0.1) is 47.8 Å². The number of thiocarbonyl (C=S) groups is 1. The SMILES string of the molecule is COc1cccc2c1C(=O)c1c(O)c3c(c(O)c1C2=O)C[C@@](O)(/C(C)=N/NC(N)=S)C[C@H]3O[C@H]1C[C@@H](N)[C@@H](O)[C@@H](C)O1. The molecule has 1 fully saturated rings. The highest BCUT2D eigenvalue weighted by Gasteiger charge is 2.49. The van der Waals surface area contributed by atoms with Crippen molar-refractivity contribution < 1.29 is 44.2 Å². The van der Waals surface area contributed by atoms with E-state index in [1.54, 1.807) is 6.92 Å². The summed E-state index contributed by atoms with van der Waals surface area (Å²) in [4.78, 5) is 27.4. The number of nitrogens with one attached hydrogen (secondary N) is 1. The van der Waals surface area contributed by atoms with E-state index in [1.807, 2.05) is 0 Å². The highest BCUT2D eigenvalue weighted by Crippen LogP contribution is 2.52. The first-order valence-electron chi connectivity index (χ1n) is 13.2. The molecule has 0 bridgehead atoms. The Morgan fingerprint density at radius 1 is 1.19 bits per heavy atom. The second-order valence-corrected chi connectivity index (χ2v) is 11.2.